The molecule has 0 aromatic heterocycles. The molecule has 3 heteroatoms. The number of rotatable bonds is 8. The fraction of sp³-hybridized carbons (Fsp3) is 0.931. The van der Waals surface area contributed by atoms with Crippen LogP contribution in [-0.2, 0) is 4.74 Å². The van der Waals surface area contributed by atoms with E-state index in [1.165, 1.54) is 51.4 Å². The summed E-state index contributed by atoms with van der Waals surface area (Å²) in [4.78, 5) is 0. The molecule has 3 fully saturated rings. The maximum Gasteiger partial charge on any atom is 0.0614 e. The minimum Gasteiger partial charge on any atom is -0.393 e. The lowest BCUT2D eigenvalue weighted by Gasteiger charge is -2.58. The summed E-state index contributed by atoms with van der Waals surface area (Å²) in [6.45, 7) is 13.3. The van der Waals surface area contributed by atoms with Gasteiger partial charge in [0.25, 0.3) is 0 Å². The van der Waals surface area contributed by atoms with Crippen molar-refractivity contribution >= 4 is 15.9 Å². The van der Waals surface area contributed by atoms with Crippen molar-refractivity contribution in [3.8, 4) is 0 Å². The first-order valence-corrected chi connectivity index (χ1v) is 14.9. The second-order valence-corrected chi connectivity index (χ2v) is 13.7. The molecule has 1 unspecified atom stereocenters. The van der Waals surface area contributed by atoms with Crippen LogP contribution in [0.4, 0.5) is 0 Å². The van der Waals surface area contributed by atoms with E-state index in [-0.39, 0.29) is 6.10 Å². The van der Waals surface area contributed by atoms with Crippen LogP contribution < -0.4 is 0 Å². The third-order valence-electron chi connectivity index (χ3n) is 10.6. The third kappa shape index (κ3) is 4.53. The number of halogens is 1. The number of hydrogen-bond donors (Lipinski definition) is 1. The Labute approximate surface area is 206 Å². The summed E-state index contributed by atoms with van der Waals surface area (Å²) in [6.07, 6.45) is 15.3. The van der Waals surface area contributed by atoms with Gasteiger partial charge in [0.2, 0.25) is 0 Å². The van der Waals surface area contributed by atoms with Gasteiger partial charge in [-0.05, 0) is 91.3 Å². The van der Waals surface area contributed by atoms with Gasteiger partial charge >= 0.3 is 0 Å². The van der Waals surface area contributed by atoms with Gasteiger partial charge in [0.05, 0.1) is 18.8 Å². The van der Waals surface area contributed by atoms with Crippen LogP contribution in [0.3, 0.4) is 0 Å². The number of hydrogen-bond acceptors (Lipinski definition) is 2. The quantitative estimate of drug-likeness (QED) is 0.267. The number of allylic oxidation sites excluding steroid dienone is 1. The summed E-state index contributed by atoms with van der Waals surface area (Å²) in [5, 5.41) is 11.2. The number of alkyl halides is 1. The number of fused-ring (bicyclic) bond motifs is 5. The number of aliphatic hydroxyl groups excluding tert-OH is 1. The van der Waals surface area contributed by atoms with Crippen LogP contribution in [-0.4, -0.2) is 29.3 Å². The van der Waals surface area contributed by atoms with Crippen LogP contribution in [0.2, 0.25) is 0 Å². The number of ether oxygens (including phenoxy) is 1. The van der Waals surface area contributed by atoms with Crippen LogP contribution in [0.1, 0.15) is 98.8 Å². The van der Waals surface area contributed by atoms with Crippen molar-refractivity contribution in [3.05, 3.63) is 11.6 Å². The van der Waals surface area contributed by atoms with E-state index in [2.05, 4.69) is 56.6 Å². The molecule has 3 saturated carbocycles. The lowest BCUT2D eigenvalue weighted by atomic mass is 9.47. The normalized spacial score (nSPS) is 44.6. The average molecular weight is 510 g/mol. The summed E-state index contributed by atoms with van der Waals surface area (Å²) in [6, 6.07) is 0. The van der Waals surface area contributed by atoms with Gasteiger partial charge in [0.1, 0.15) is 0 Å². The van der Waals surface area contributed by atoms with E-state index in [0.717, 1.165) is 54.4 Å². The van der Waals surface area contributed by atoms with Gasteiger partial charge in [-0.3, -0.25) is 0 Å². The lowest BCUT2D eigenvalue weighted by molar-refractivity contribution is -0.0666. The second-order valence-electron chi connectivity index (χ2n) is 12.9. The van der Waals surface area contributed by atoms with E-state index in [1.807, 2.05) is 0 Å². The van der Waals surface area contributed by atoms with E-state index < -0.39 is 0 Å². The molecule has 4 aliphatic carbocycles. The maximum atomic E-state index is 10.3. The standard InChI is InChI=1S/C29H49BrO2/c1-19(2)7-6-8-20(3)27-26(32-16-15-30)18-25-23-10-9-21-17-22(31)11-13-28(21,4)24(23)12-14-29(25,27)5/h9,19-20,22-27,31H,6-8,10-18H2,1-5H3/t20-,22+,23-,24+,25+,26?,27+,28+,29+/m1/s1. The van der Waals surface area contributed by atoms with Gasteiger partial charge in [-0.1, -0.05) is 81.5 Å². The van der Waals surface area contributed by atoms with Crippen LogP contribution in [0.25, 0.3) is 0 Å². The molecule has 0 spiro atoms. The zero-order chi connectivity index (χ0) is 23.1. The van der Waals surface area contributed by atoms with Gasteiger partial charge in [0, 0.05) is 5.33 Å². The highest BCUT2D eigenvalue weighted by molar-refractivity contribution is 9.09. The first kappa shape index (κ1) is 25.2. The van der Waals surface area contributed by atoms with Crippen molar-refractivity contribution in [2.45, 2.75) is 111 Å². The van der Waals surface area contributed by atoms with Crippen molar-refractivity contribution in [3.63, 3.8) is 0 Å². The predicted molar refractivity (Wildman–Crippen MR) is 138 cm³/mol. The fourth-order valence-electron chi connectivity index (χ4n) is 9.08. The maximum absolute atomic E-state index is 10.3. The molecule has 2 nitrogen and oxygen atoms in total. The fourth-order valence-corrected chi connectivity index (χ4v) is 9.27. The summed E-state index contributed by atoms with van der Waals surface area (Å²) in [5.74, 6) is 4.66. The van der Waals surface area contributed by atoms with E-state index in [4.69, 9.17) is 4.74 Å². The molecule has 0 heterocycles. The molecule has 9 atom stereocenters. The highest BCUT2D eigenvalue weighted by atomic mass is 79.9. The van der Waals surface area contributed by atoms with Crippen molar-refractivity contribution in [2.24, 2.45) is 46.3 Å². The number of aliphatic hydroxyl groups is 1. The molecule has 4 aliphatic rings. The van der Waals surface area contributed by atoms with Gasteiger partial charge < -0.3 is 9.84 Å². The molecular formula is C29H49BrO2. The highest BCUT2D eigenvalue weighted by Gasteiger charge is 2.62. The Morgan fingerprint density at radius 2 is 1.91 bits per heavy atom. The Balaban J connectivity index is 1.57. The molecule has 0 radical (unpaired) electrons. The van der Waals surface area contributed by atoms with Gasteiger partial charge in [-0.15, -0.1) is 0 Å². The summed E-state index contributed by atoms with van der Waals surface area (Å²) in [5.41, 5.74) is 2.34. The molecule has 0 aromatic rings. The van der Waals surface area contributed by atoms with E-state index in [1.54, 1.807) is 5.57 Å². The van der Waals surface area contributed by atoms with E-state index in [9.17, 15) is 5.11 Å². The molecule has 0 amide bonds. The molecule has 184 valence electrons. The van der Waals surface area contributed by atoms with Gasteiger partial charge in [-0.2, -0.15) is 0 Å². The van der Waals surface area contributed by atoms with Crippen LogP contribution >= 0.6 is 15.9 Å². The van der Waals surface area contributed by atoms with Crippen LogP contribution in [0.5, 0.6) is 0 Å². The van der Waals surface area contributed by atoms with Crippen LogP contribution in [0, 0.1) is 46.3 Å². The molecule has 0 saturated heterocycles. The highest BCUT2D eigenvalue weighted by Crippen LogP contribution is 2.67. The minimum atomic E-state index is -0.107. The molecule has 4 rings (SSSR count). The van der Waals surface area contributed by atoms with Crippen molar-refractivity contribution in [1.29, 1.82) is 0 Å². The Morgan fingerprint density at radius 1 is 1.12 bits per heavy atom. The molecule has 0 bridgehead atoms. The minimum absolute atomic E-state index is 0.107. The van der Waals surface area contributed by atoms with E-state index in [0.29, 0.717) is 22.9 Å². The first-order valence-electron chi connectivity index (χ1n) is 13.8. The van der Waals surface area contributed by atoms with Crippen molar-refractivity contribution in [2.75, 3.05) is 11.9 Å². The predicted octanol–water partition coefficient (Wildman–Crippen LogP) is 7.78. The smallest absolute Gasteiger partial charge is 0.0614 e. The first-order chi connectivity index (χ1) is 15.2. The van der Waals surface area contributed by atoms with Gasteiger partial charge in [-0.25, -0.2) is 0 Å². The Morgan fingerprint density at radius 3 is 2.62 bits per heavy atom. The average Bonchev–Trinajstić information content (AvgIpc) is 3.04. The zero-order valence-corrected chi connectivity index (χ0v) is 23.0. The van der Waals surface area contributed by atoms with Crippen LogP contribution in [0.15, 0.2) is 11.6 Å². The third-order valence-corrected chi connectivity index (χ3v) is 11.0. The Hall–Kier alpha value is 0.140. The Bertz CT molecular complexity index is 674. The van der Waals surface area contributed by atoms with Crippen molar-refractivity contribution in [1.82, 2.24) is 0 Å². The largest absolute Gasteiger partial charge is 0.393 e. The van der Waals surface area contributed by atoms with Crippen molar-refractivity contribution < 1.29 is 9.84 Å². The summed E-state index contributed by atoms with van der Waals surface area (Å²) < 4.78 is 6.60. The molecule has 1 N–H and O–H groups in total. The molecular weight excluding hydrogens is 460 g/mol. The summed E-state index contributed by atoms with van der Waals surface area (Å²) >= 11 is 3.61. The second kappa shape index (κ2) is 10.0. The molecule has 0 aliphatic heterocycles. The topological polar surface area (TPSA) is 29.5 Å². The van der Waals surface area contributed by atoms with E-state index >= 15 is 0 Å². The van der Waals surface area contributed by atoms with Gasteiger partial charge in [0.15, 0.2) is 0 Å². The zero-order valence-electron chi connectivity index (χ0n) is 21.4. The Kier molecular flexibility index (Phi) is 7.90. The molecule has 0 aromatic carbocycles. The summed E-state index contributed by atoms with van der Waals surface area (Å²) in [7, 11) is 0. The monoisotopic (exact) mass is 508 g/mol. The lowest BCUT2D eigenvalue weighted by Crippen LogP contribution is -2.51. The SMILES string of the molecule is CC(C)CCC[C@@H](C)[C@H]1C(OCCBr)C[C@H]2[C@@H]3CC=C4C[C@@H](O)CC[C@]4(C)[C@H]3CC[C@]12C. The molecule has 32 heavy (non-hydrogen) atoms.